The number of urea groups is 1. The summed E-state index contributed by atoms with van der Waals surface area (Å²) in [6.07, 6.45) is 2.08. The maximum absolute atomic E-state index is 11.5. The molecule has 0 bridgehead atoms. The Bertz CT molecular complexity index is 519. The molecule has 1 rings (SSSR count). The molecule has 0 aliphatic rings. The Hall–Kier alpha value is -2.44. The quantitative estimate of drug-likeness (QED) is 0.570. The van der Waals surface area contributed by atoms with Crippen LogP contribution in [0.2, 0.25) is 0 Å². The first-order valence-electron chi connectivity index (χ1n) is 7.51. The highest BCUT2D eigenvalue weighted by molar-refractivity contribution is 5.73. The maximum atomic E-state index is 11.5. The third-order valence-corrected chi connectivity index (χ3v) is 3.23. The average Bonchev–Trinajstić information content (AvgIpc) is 2.55. The molecule has 2 amide bonds. The number of carboxylic acid groups (broad SMARTS) is 1. The first-order valence-corrected chi connectivity index (χ1v) is 7.51. The van der Waals surface area contributed by atoms with Gasteiger partial charge in [0.15, 0.2) is 11.5 Å². The Balaban J connectivity index is 2.21. The highest BCUT2D eigenvalue weighted by atomic mass is 16.5. The minimum absolute atomic E-state index is 0.0551. The molecule has 0 heterocycles. The molecule has 128 valence electrons. The molecule has 1 aromatic carbocycles. The Morgan fingerprint density at radius 3 is 2.30 bits per heavy atom. The number of hydrogen-bond donors (Lipinski definition) is 3. The number of methoxy groups -OCH3 is 2. The van der Waals surface area contributed by atoms with E-state index in [-0.39, 0.29) is 12.5 Å². The van der Waals surface area contributed by atoms with Crippen molar-refractivity contribution >= 4 is 12.0 Å². The number of aliphatic carboxylic acids is 1. The fraction of sp³-hybridized carbons (Fsp3) is 0.500. The van der Waals surface area contributed by atoms with Gasteiger partial charge in [-0.2, -0.15) is 0 Å². The molecule has 0 unspecified atom stereocenters. The van der Waals surface area contributed by atoms with Gasteiger partial charge in [-0.05, 0) is 37.0 Å². The molecule has 0 saturated heterocycles. The Kier molecular flexibility index (Phi) is 8.34. The molecule has 0 aromatic heterocycles. The maximum Gasteiger partial charge on any atom is 0.314 e. The standard InChI is InChI=1S/C16H24N2O5/c1-22-13-8-7-12(11-14(13)23-2)5-3-9-17-16(21)18-10-4-6-15(19)20/h7-8,11H,3-6,9-10H2,1-2H3,(H,19,20)(H2,17,18,21). The molecule has 3 N–H and O–H groups in total. The lowest BCUT2D eigenvalue weighted by Crippen LogP contribution is -2.36. The summed E-state index contributed by atoms with van der Waals surface area (Å²) in [6, 6.07) is 5.47. The number of ether oxygens (including phenoxy) is 2. The van der Waals surface area contributed by atoms with Crippen molar-refractivity contribution in [3.05, 3.63) is 23.8 Å². The van der Waals surface area contributed by atoms with Gasteiger partial charge in [-0.1, -0.05) is 6.07 Å². The van der Waals surface area contributed by atoms with Crippen LogP contribution in [0.15, 0.2) is 18.2 Å². The van der Waals surface area contributed by atoms with E-state index in [1.165, 1.54) is 0 Å². The summed E-state index contributed by atoms with van der Waals surface area (Å²) >= 11 is 0. The third kappa shape index (κ3) is 7.39. The van der Waals surface area contributed by atoms with Crippen LogP contribution in [0.5, 0.6) is 11.5 Å². The largest absolute Gasteiger partial charge is 0.493 e. The van der Waals surface area contributed by atoms with E-state index in [1.807, 2.05) is 18.2 Å². The zero-order valence-electron chi connectivity index (χ0n) is 13.6. The molecular formula is C16H24N2O5. The van der Waals surface area contributed by atoms with E-state index in [9.17, 15) is 9.59 Å². The summed E-state index contributed by atoms with van der Waals surface area (Å²) in [7, 11) is 3.19. The minimum atomic E-state index is -0.859. The molecule has 0 radical (unpaired) electrons. The highest BCUT2D eigenvalue weighted by Crippen LogP contribution is 2.27. The van der Waals surface area contributed by atoms with Crippen LogP contribution in [-0.4, -0.2) is 44.4 Å². The molecule has 0 fully saturated rings. The summed E-state index contributed by atoms with van der Waals surface area (Å²) in [5.74, 6) is 0.520. The van der Waals surface area contributed by atoms with Gasteiger partial charge in [0.2, 0.25) is 0 Å². The second kappa shape index (κ2) is 10.3. The van der Waals surface area contributed by atoms with E-state index < -0.39 is 5.97 Å². The summed E-state index contributed by atoms with van der Waals surface area (Å²) in [5.41, 5.74) is 1.10. The average molecular weight is 324 g/mol. The lowest BCUT2D eigenvalue weighted by atomic mass is 10.1. The normalized spacial score (nSPS) is 10.0. The predicted molar refractivity (Wildman–Crippen MR) is 86.1 cm³/mol. The number of hydrogen-bond acceptors (Lipinski definition) is 4. The van der Waals surface area contributed by atoms with E-state index >= 15 is 0 Å². The van der Waals surface area contributed by atoms with Crippen molar-refractivity contribution in [3.63, 3.8) is 0 Å². The van der Waals surface area contributed by atoms with Gasteiger partial charge in [0.1, 0.15) is 0 Å². The van der Waals surface area contributed by atoms with Crippen molar-refractivity contribution in [2.24, 2.45) is 0 Å². The van der Waals surface area contributed by atoms with E-state index in [0.29, 0.717) is 31.0 Å². The van der Waals surface area contributed by atoms with Crippen LogP contribution in [0, 0.1) is 0 Å². The third-order valence-electron chi connectivity index (χ3n) is 3.23. The zero-order valence-corrected chi connectivity index (χ0v) is 13.6. The monoisotopic (exact) mass is 324 g/mol. The number of carbonyl (C=O) groups is 2. The van der Waals surface area contributed by atoms with Crippen molar-refractivity contribution in [2.45, 2.75) is 25.7 Å². The highest BCUT2D eigenvalue weighted by Gasteiger charge is 2.05. The molecule has 0 atom stereocenters. The number of amides is 2. The van der Waals surface area contributed by atoms with E-state index in [0.717, 1.165) is 18.4 Å². The Morgan fingerprint density at radius 1 is 1.04 bits per heavy atom. The summed E-state index contributed by atoms with van der Waals surface area (Å²) < 4.78 is 10.4. The second-order valence-corrected chi connectivity index (χ2v) is 4.97. The Labute approximate surface area is 136 Å². The number of rotatable bonds is 10. The number of carbonyl (C=O) groups excluding carboxylic acids is 1. The molecular weight excluding hydrogens is 300 g/mol. The smallest absolute Gasteiger partial charge is 0.314 e. The first-order chi connectivity index (χ1) is 11.1. The first kappa shape index (κ1) is 18.6. The van der Waals surface area contributed by atoms with Crippen LogP contribution in [0.4, 0.5) is 4.79 Å². The fourth-order valence-electron chi connectivity index (χ4n) is 2.03. The number of aryl methyl sites for hydroxylation is 1. The van der Waals surface area contributed by atoms with Gasteiger partial charge in [-0.15, -0.1) is 0 Å². The van der Waals surface area contributed by atoms with Crippen LogP contribution < -0.4 is 20.1 Å². The number of nitrogens with one attached hydrogen (secondary N) is 2. The van der Waals surface area contributed by atoms with E-state index in [1.54, 1.807) is 14.2 Å². The molecule has 0 aliphatic heterocycles. The number of benzene rings is 1. The second-order valence-electron chi connectivity index (χ2n) is 4.97. The summed E-state index contributed by atoms with van der Waals surface area (Å²) in [6.45, 7) is 0.896. The molecule has 0 aliphatic carbocycles. The van der Waals surface area contributed by atoms with Crippen molar-refractivity contribution in [3.8, 4) is 11.5 Å². The van der Waals surface area contributed by atoms with Crippen molar-refractivity contribution in [1.29, 1.82) is 0 Å². The van der Waals surface area contributed by atoms with E-state index in [2.05, 4.69) is 10.6 Å². The topological polar surface area (TPSA) is 96.9 Å². The van der Waals surface area contributed by atoms with Gasteiger partial charge in [0.05, 0.1) is 14.2 Å². The van der Waals surface area contributed by atoms with Gasteiger partial charge in [0, 0.05) is 19.5 Å². The van der Waals surface area contributed by atoms with Gasteiger partial charge in [0.25, 0.3) is 0 Å². The SMILES string of the molecule is COc1ccc(CCCNC(=O)NCCCC(=O)O)cc1OC. The lowest BCUT2D eigenvalue weighted by Gasteiger charge is -2.10. The predicted octanol–water partition coefficient (Wildman–Crippen LogP) is 1.80. The molecule has 0 saturated carbocycles. The van der Waals surface area contributed by atoms with Gasteiger partial charge in [-0.3, -0.25) is 4.79 Å². The molecule has 7 nitrogen and oxygen atoms in total. The number of carboxylic acids is 1. The van der Waals surface area contributed by atoms with Crippen LogP contribution in [0.1, 0.15) is 24.8 Å². The van der Waals surface area contributed by atoms with Crippen molar-refractivity contribution < 1.29 is 24.2 Å². The van der Waals surface area contributed by atoms with Gasteiger partial charge in [-0.25, -0.2) is 4.79 Å². The van der Waals surface area contributed by atoms with E-state index in [4.69, 9.17) is 14.6 Å². The zero-order chi connectivity index (χ0) is 17.1. The lowest BCUT2D eigenvalue weighted by molar-refractivity contribution is -0.137. The summed E-state index contributed by atoms with van der Waals surface area (Å²) in [5, 5.41) is 13.8. The molecule has 0 spiro atoms. The molecule has 7 heteroatoms. The van der Waals surface area contributed by atoms with Crippen LogP contribution in [-0.2, 0) is 11.2 Å². The Morgan fingerprint density at radius 2 is 1.70 bits per heavy atom. The van der Waals surface area contributed by atoms with Crippen molar-refractivity contribution in [2.75, 3.05) is 27.3 Å². The van der Waals surface area contributed by atoms with Crippen LogP contribution in [0.3, 0.4) is 0 Å². The van der Waals surface area contributed by atoms with Crippen LogP contribution >= 0.6 is 0 Å². The van der Waals surface area contributed by atoms with Crippen LogP contribution in [0.25, 0.3) is 0 Å². The molecule has 23 heavy (non-hydrogen) atoms. The van der Waals surface area contributed by atoms with Gasteiger partial charge < -0.3 is 25.2 Å². The minimum Gasteiger partial charge on any atom is -0.493 e. The van der Waals surface area contributed by atoms with Gasteiger partial charge >= 0.3 is 12.0 Å². The fourth-order valence-corrected chi connectivity index (χ4v) is 2.03. The summed E-state index contributed by atoms with van der Waals surface area (Å²) in [4.78, 5) is 21.8. The molecule has 1 aromatic rings. The van der Waals surface area contributed by atoms with Crippen molar-refractivity contribution in [1.82, 2.24) is 10.6 Å².